The van der Waals surface area contributed by atoms with Gasteiger partial charge in [0.05, 0.1) is 15.0 Å². The van der Waals surface area contributed by atoms with E-state index in [2.05, 4.69) is 20.3 Å². The van der Waals surface area contributed by atoms with Crippen LogP contribution in [0.25, 0.3) is 0 Å². The summed E-state index contributed by atoms with van der Waals surface area (Å²) in [6.07, 6.45) is 2.29. The summed E-state index contributed by atoms with van der Waals surface area (Å²) in [5.74, 6) is 0. The summed E-state index contributed by atoms with van der Waals surface area (Å²) in [4.78, 5) is 1.03. The maximum Gasteiger partial charge on any atom is 0.144 e. The number of halogens is 2. The summed E-state index contributed by atoms with van der Waals surface area (Å²) in [7, 11) is 0. The van der Waals surface area contributed by atoms with Crippen molar-refractivity contribution in [3.8, 4) is 0 Å². The minimum Gasteiger partial charge on any atom is -0.591 e. The maximum absolute atomic E-state index is 11.6. The second-order valence-corrected chi connectivity index (χ2v) is 9.03. The van der Waals surface area contributed by atoms with E-state index in [0.717, 1.165) is 13.7 Å². The van der Waals surface area contributed by atoms with Crippen molar-refractivity contribution < 1.29 is 4.55 Å². The van der Waals surface area contributed by atoms with Crippen LogP contribution in [0, 0.1) is 0 Å². The molecular formula is C10H13BrClNOS2. The van der Waals surface area contributed by atoms with Crippen LogP contribution in [0.3, 0.4) is 0 Å². The molecule has 90 valence electrons. The van der Waals surface area contributed by atoms with Gasteiger partial charge in [0.2, 0.25) is 0 Å². The second-order valence-electron chi connectivity index (χ2n) is 4.18. The van der Waals surface area contributed by atoms with Gasteiger partial charge >= 0.3 is 0 Å². The van der Waals surface area contributed by atoms with Crippen LogP contribution in [0.5, 0.6) is 0 Å². The van der Waals surface area contributed by atoms with Gasteiger partial charge in [-0.15, -0.1) is 11.3 Å². The molecule has 6 heteroatoms. The summed E-state index contributed by atoms with van der Waals surface area (Å²) in [6.45, 7) is 5.69. The first-order valence-corrected chi connectivity index (χ1v) is 7.78. The van der Waals surface area contributed by atoms with Gasteiger partial charge in [0.25, 0.3) is 0 Å². The quantitative estimate of drug-likeness (QED) is 0.598. The van der Waals surface area contributed by atoms with Crippen molar-refractivity contribution in [2.75, 3.05) is 0 Å². The molecule has 2 nitrogen and oxygen atoms in total. The Bertz CT molecular complexity index is 387. The van der Waals surface area contributed by atoms with E-state index in [-0.39, 0.29) is 4.75 Å². The molecule has 0 aromatic carbocycles. The van der Waals surface area contributed by atoms with Crippen molar-refractivity contribution in [1.29, 1.82) is 0 Å². The number of hydrogen-bond donors (Lipinski definition) is 0. The van der Waals surface area contributed by atoms with E-state index < -0.39 is 11.4 Å². The smallest absolute Gasteiger partial charge is 0.144 e. The fraction of sp³-hybridized carbons (Fsp3) is 0.500. The first kappa shape index (κ1) is 14.5. The van der Waals surface area contributed by atoms with E-state index in [0.29, 0.717) is 6.42 Å². The first-order chi connectivity index (χ1) is 7.30. The molecule has 0 aliphatic heterocycles. The van der Waals surface area contributed by atoms with Gasteiger partial charge in [-0.25, -0.2) is 0 Å². The zero-order chi connectivity index (χ0) is 12.3. The van der Waals surface area contributed by atoms with Crippen molar-refractivity contribution in [3.63, 3.8) is 0 Å². The lowest BCUT2D eigenvalue weighted by Crippen LogP contribution is -2.25. The zero-order valence-corrected chi connectivity index (χ0v) is 13.3. The Morgan fingerprint density at radius 2 is 2.25 bits per heavy atom. The van der Waals surface area contributed by atoms with E-state index in [4.69, 9.17) is 11.6 Å². The van der Waals surface area contributed by atoms with Crippen molar-refractivity contribution in [1.82, 2.24) is 0 Å². The van der Waals surface area contributed by atoms with Crippen LogP contribution in [0.4, 0.5) is 0 Å². The third-order valence-electron chi connectivity index (χ3n) is 1.70. The number of nitrogens with zero attached hydrogens (tertiary/aromatic N) is 1. The largest absolute Gasteiger partial charge is 0.591 e. The molecule has 1 atom stereocenters. The average molecular weight is 343 g/mol. The molecule has 1 aromatic heterocycles. The van der Waals surface area contributed by atoms with Gasteiger partial charge in [0.15, 0.2) is 0 Å². The Labute approximate surface area is 117 Å². The minimum atomic E-state index is -1.19. The molecule has 0 N–H and O–H groups in total. The molecule has 0 aliphatic carbocycles. The molecule has 0 saturated carbocycles. The molecule has 0 fully saturated rings. The van der Waals surface area contributed by atoms with E-state index >= 15 is 0 Å². The van der Waals surface area contributed by atoms with Crippen LogP contribution in [-0.2, 0) is 17.8 Å². The molecule has 16 heavy (non-hydrogen) atoms. The summed E-state index contributed by atoms with van der Waals surface area (Å²) >= 11 is 9.73. The average Bonchev–Trinajstić information content (AvgIpc) is 2.43. The van der Waals surface area contributed by atoms with E-state index in [9.17, 15) is 4.55 Å². The third-order valence-corrected chi connectivity index (χ3v) is 5.20. The van der Waals surface area contributed by atoms with Crippen LogP contribution < -0.4 is 0 Å². The molecule has 0 spiro atoms. The van der Waals surface area contributed by atoms with Crippen LogP contribution in [0.15, 0.2) is 14.3 Å². The Hall–Kier alpha value is 0.450. The second kappa shape index (κ2) is 5.87. The van der Waals surface area contributed by atoms with Gasteiger partial charge in [0, 0.05) is 11.3 Å². The minimum absolute atomic E-state index is 0.309. The van der Waals surface area contributed by atoms with Crippen molar-refractivity contribution in [2.24, 2.45) is 4.40 Å². The molecular weight excluding hydrogens is 330 g/mol. The molecule has 1 heterocycles. The van der Waals surface area contributed by atoms with E-state index in [1.54, 1.807) is 17.6 Å². The highest BCUT2D eigenvalue weighted by Gasteiger charge is 2.25. The Morgan fingerprint density at radius 3 is 2.69 bits per heavy atom. The molecule has 1 aromatic rings. The van der Waals surface area contributed by atoms with Crippen molar-refractivity contribution >= 4 is 56.4 Å². The van der Waals surface area contributed by atoms with Crippen molar-refractivity contribution in [3.05, 3.63) is 19.8 Å². The predicted octanol–water partition coefficient (Wildman–Crippen LogP) is 4.24. The summed E-state index contributed by atoms with van der Waals surface area (Å²) in [5, 5.41) is 0.727. The summed E-state index contributed by atoms with van der Waals surface area (Å²) in [6, 6.07) is 1.86. The molecule has 0 bridgehead atoms. The van der Waals surface area contributed by atoms with Gasteiger partial charge in [-0.2, -0.15) is 0 Å². The van der Waals surface area contributed by atoms with Gasteiger partial charge < -0.3 is 4.55 Å². The molecule has 1 rings (SSSR count). The topological polar surface area (TPSA) is 35.4 Å². The van der Waals surface area contributed by atoms with Gasteiger partial charge in [-0.05, 0) is 42.8 Å². The molecule has 0 radical (unpaired) electrons. The van der Waals surface area contributed by atoms with Crippen LogP contribution >= 0.6 is 38.9 Å². The van der Waals surface area contributed by atoms with Crippen LogP contribution in [0.2, 0.25) is 5.02 Å². The lowest BCUT2D eigenvalue weighted by molar-refractivity contribution is 0.561. The SMILES string of the molecule is CC(C)(C)[S@@+]([O-])/N=C/Cc1sc(Br)cc1Cl. The highest BCUT2D eigenvalue weighted by atomic mass is 79.9. The maximum atomic E-state index is 11.6. The normalized spacial score (nSPS) is 14.6. The molecule has 0 unspecified atom stereocenters. The number of thiophene rings is 1. The summed E-state index contributed by atoms with van der Waals surface area (Å²) in [5.41, 5.74) is 0. The van der Waals surface area contributed by atoms with Gasteiger partial charge in [0.1, 0.15) is 16.1 Å². The van der Waals surface area contributed by atoms with Crippen molar-refractivity contribution in [2.45, 2.75) is 31.9 Å². The lowest BCUT2D eigenvalue weighted by Gasteiger charge is -2.17. The lowest BCUT2D eigenvalue weighted by atomic mass is 10.3. The van der Waals surface area contributed by atoms with E-state index in [1.165, 1.54) is 0 Å². The third kappa shape index (κ3) is 4.37. The first-order valence-electron chi connectivity index (χ1n) is 4.69. The fourth-order valence-electron chi connectivity index (χ4n) is 0.861. The molecule has 0 saturated heterocycles. The van der Waals surface area contributed by atoms with Gasteiger partial charge in [-0.1, -0.05) is 16.0 Å². The predicted molar refractivity (Wildman–Crippen MR) is 77.1 cm³/mol. The van der Waals surface area contributed by atoms with Crippen LogP contribution in [0.1, 0.15) is 25.6 Å². The Balaban J connectivity index is 2.58. The highest BCUT2D eigenvalue weighted by Crippen LogP contribution is 2.30. The Kier molecular flexibility index (Phi) is 5.32. The standard InChI is InChI=1S/C10H13BrClNOS2/c1-10(2,3)16(14)13-5-4-8-7(12)6-9(11)15-8/h5-6H,4H2,1-3H3/b13-5+/t16-/m1/s1. The number of hydrogen-bond acceptors (Lipinski definition) is 3. The van der Waals surface area contributed by atoms with E-state index in [1.807, 2.05) is 26.8 Å². The highest BCUT2D eigenvalue weighted by molar-refractivity contribution is 9.11. The molecule has 0 amide bonds. The molecule has 0 aliphatic rings. The van der Waals surface area contributed by atoms with Crippen LogP contribution in [-0.4, -0.2) is 15.5 Å². The monoisotopic (exact) mass is 341 g/mol. The number of rotatable bonds is 3. The fourth-order valence-corrected chi connectivity index (χ4v) is 3.43. The summed E-state index contributed by atoms with van der Waals surface area (Å²) < 4.78 is 16.3. The van der Waals surface area contributed by atoms with Gasteiger partial charge in [-0.3, -0.25) is 0 Å². The Morgan fingerprint density at radius 1 is 1.62 bits per heavy atom. The zero-order valence-electron chi connectivity index (χ0n) is 9.29.